The summed E-state index contributed by atoms with van der Waals surface area (Å²) in [5.74, 6) is 0. The van der Waals surface area contributed by atoms with E-state index in [0.717, 1.165) is 37.9 Å². The highest BCUT2D eigenvalue weighted by molar-refractivity contribution is 5.02. The van der Waals surface area contributed by atoms with Crippen molar-refractivity contribution in [2.75, 3.05) is 13.2 Å². The van der Waals surface area contributed by atoms with Crippen molar-refractivity contribution in [1.29, 1.82) is 0 Å². The Morgan fingerprint density at radius 3 is 2.89 bits per heavy atom. The van der Waals surface area contributed by atoms with Crippen LogP contribution in [0.3, 0.4) is 0 Å². The average Bonchev–Trinajstić information content (AvgIpc) is 2.37. The molecule has 0 bridgehead atoms. The molecule has 0 amide bonds. The molecular formula is C15H26O3. The van der Waals surface area contributed by atoms with Crippen LogP contribution in [0.2, 0.25) is 0 Å². The number of hydrogen-bond donors (Lipinski definition) is 1. The third-order valence-corrected chi connectivity index (χ3v) is 3.23. The first-order valence-electron chi connectivity index (χ1n) is 6.82. The second kappa shape index (κ2) is 8.46. The maximum absolute atomic E-state index is 9.63. The number of ether oxygens (including phenoxy) is 2. The number of rotatable bonds is 7. The van der Waals surface area contributed by atoms with Gasteiger partial charge in [-0.2, -0.15) is 0 Å². The normalized spacial score (nSPS) is 22.8. The van der Waals surface area contributed by atoms with Crippen LogP contribution in [-0.2, 0) is 9.47 Å². The number of hydrogen-bond acceptors (Lipinski definition) is 3. The van der Waals surface area contributed by atoms with Gasteiger partial charge >= 0.3 is 0 Å². The van der Waals surface area contributed by atoms with Crippen LogP contribution < -0.4 is 0 Å². The minimum atomic E-state index is -0.393. The standard InChI is InChI=1S/C15H26O3/c1-12(2)14(16)8-7-13(3)9-11-18-15-6-4-5-10-17-15/h9,14-16H,1,4-8,10-11H2,2-3H3/b13-9+. The molecule has 1 rings (SSSR count). The molecule has 3 nitrogen and oxygen atoms in total. The highest BCUT2D eigenvalue weighted by Crippen LogP contribution is 2.15. The summed E-state index contributed by atoms with van der Waals surface area (Å²) in [4.78, 5) is 0. The summed E-state index contributed by atoms with van der Waals surface area (Å²) < 4.78 is 11.1. The van der Waals surface area contributed by atoms with Gasteiger partial charge in [0.25, 0.3) is 0 Å². The first-order valence-corrected chi connectivity index (χ1v) is 6.82. The molecule has 3 heteroatoms. The summed E-state index contributed by atoms with van der Waals surface area (Å²) in [6.45, 7) is 9.08. The zero-order chi connectivity index (χ0) is 13.4. The molecule has 2 atom stereocenters. The van der Waals surface area contributed by atoms with Crippen molar-refractivity contribution < 1.29 is 14.6 Å². The number of aliphatic hydroxyl groups excluding tert-OH is 1. The summed E-state index contributed by atoms with van der Waals surface area (Å²) in [5.41, 5.74) is 2.07. The van der Waals surface area contributed by atoms with Crippen LogP contribution in [0.5, 0.6) is 0 Å². The molecule has 0 saturated carbocycles. The Morgan fingerprint density at radius 1 is 1.50 bits per heavy atom. The van der Waals surface area contributed by atoms with Crippen LogP contribution >= 0.6 is 0 Å². The van der Waals surface area contributed by atoms with Crippen LogP contribution in [0, 0.1) is 0 Å². The van der Waals surface area contributed by atoms with Gasteiger partial charge in [0.2, 0.25) is 0 Å². The lowest BCUT2D eigenvalue weighted by atomic mass is 10.0. The largest absolute Gasteiger partial charge is 0.389 e. The summed E-state index contributed by atoms with van der Waals surface area (Å²) >= 11 is 0. The Kier molecular flexibility index (Phi) is 7.25. The van der Waals surface area contributed by atoms with Gasteiger partial charge in [-0.15, -0.1) is 0 Å². The van der Waals surface area contributed by atoms with E-state index in [9.17, 15) is 5.11 Å². The molecule has 1 saturated heterocycles. The molecule has 1 heterocycles. The highest BCUT2D eigenvalue weighted by Gasteiger charge is 2.12. The first kappa shape index (κ1) is 15.4. The molecule has 0 aliphatic carbocycles. The van der Waals surface area contributed by atoms with Crippen LogP contribution in [0.15, 0.2) is 23.8 Å². The molecule has 18 heavy (non-hydrogen) atoms. The Hall–Kier alpha value is -0.640. The molecule has 0 aromatic carbocycles. The maximum atomic E-state index is 9.63. The van der Waals surface area contributed by atoms with E-state index in [1.165, 1.54) is 12.0 Å². The molecule has 0 radical (unpaired) electrons. The molecule has 1 aliphatic heterocycles. The first-order chi connectivity index (χ1) is 8.59. The van der Waals surface area contributed by atoms with Crippen molar-refractivity contribution in [3.05, 3.63) is 23.8 Å². The van der Waals surface area contributed by atoms with Crippen molar-refractivity contribution in [3.63, 3.8) is 0 Å². The van der Waals surface area contributed by atoms with Gasteiger partial charge in [0.15, 0.2) is 6.29 Å². The quantitative estimate of drug-likeness (QED) is 0.709. The van der Waals surface area contributed by atoms with Crippen molar-refractivity contribution >= 4 is 0 Å². The Labute approximate surface area is 110 Å². The summed E-state index contributed by atoms with van der Waals surface area (Å²) in [7, 11) is 0. The average molecular weight is 254 g/mol. The monoisotopic (exact) mass is 254 g/mol. The fourth-order valence-corrected chi connectivity index (χ4v) is 1.85. The molecule has 2 unspecified atom stereocenters. The third-order valence-electron chi connectivity index (χ3n) is 3.23. The van der Waals surface area contributed by atoms with E-state index in [4.69, 9.17) is 9.47 Å². The van der Waals surface area contributed by atoms with E-state index in [-0.39, 0.29) is 6.29 Å². The highest BCUT2D eigenvalue weighted by atomic mass is 16.7. The summed E-state index contributed by atoms with van der Waals surface area (Å²) in [6, 6.07) is 0. The number of aliphatic hydroxyl groups is 1. The molecule has 0 aromatic rings. The molecule has 104 valence electrons. The van der Waals surface area contributed by atoms with Gasteiger partial charge in [-0.05, 0) is 46.0 Å². The van der Waals surface area contributed by atoms with Crippen LogP contribution in [0.25, 0.3) is 0 Å². The predicted octanol–water partition coefficient (Wildman–Crippen LogP) is 3.19. The van der Waals surface area contributed by atoms with Crippen molar-refractivity contribution in [3.8, 4) is 0 Å². The molecular weight excluding hydrogens is 228 g/mol. The second-order valence-electron chi connectivity index (χ2n) is 5.08. The Balaban J connectivity index is 2.14. The van der Waals surface area contributed by atoms with Gasteiger partial charge < -0.3 is 14.6 Å². The molecule has 1 N–H and O–H groups in total. The maximum Gasteiger partial charge on any atom is 0.157 e. The predicted molar refractivity (Wildman–Crippen MR) is 73.4 cm³/mol. The molecule has 1 aliphatic rings. The van der Waals surface area contributed by atoms with Crippen molar-refractivity contribution in [2.24, 2.45) is 0 Å². The third kappa shape index (κ3) is 6.34. The minimum absolute atomic E-state index is 0.0243. The molecule has 1 fully saturated rings. The van der Waals surface area contributed by atoms with Gasteiger partial charge in [-0.3, -0.25) is 0 Å². The van der Waals surface area contributed by atoms with Crippen LogP contribution in [0.1, 0.15) is 46.0 Å². The zero-order valence-electron chi connectivity index (χ0n) is 11.7. The Morgan fingerprint density at radius 2 is 2.28 bits per heavy atom. The van der Waals surface area contributed by atoms with E-state index in [1.807, 2.05) is 6.92 Å². The van der Waals surface area contributed by atoms with Crippen LogP contribution in [0.4, 0.5) is 0 Å². The van der Waals surface area contributed by atoms with Gasteiger partial charge in [0.1, 0.15) is 0 Å². The number of allylic oxidation sites excluding steroid dienone is 1. The van der Waals surface area contributed by atoms with Crippen molar-refractivity contribution in [2.45, 2.75) is 58.3 Å². The molecule has 0 spiro atoms. The van der Waals surface area contributed by atoms with Gasteiger partial charge in [-0.1, -0.05) is 23.8 Å². The topological polar surface area (TPSA) is 38.7 Å². The van der Waals surface area contributed by atoms with E-state index < -0.39 is 6.10 Å². The van der Waals surface area contributed by atoms with Crippen LogP contribution in [-0.4, -0.2) is 30.7 Å². The lowest BCUT2D eigenvalue weighted by Gasteiger charge is -2.22. The van der Waals surface area contributed by atoms with Gasteiger partial charge in [0.05, 0.1) is 12.7 Å². The summed E-state index contributed by atoms with van der Waals surface area (Å²) in [5, 5.41) is 9.63. The Bertz CT molecular complexity index is 277. The smallest absolute Gasteiger partial charge is 0.157 e. The van der Waals surface area contributed by atoms with Gasteiger partial charge in [0, 0.05) is 6.61 Å². The minimum Gasteiger partial charge on any atom is -0.389 e. The van der Waals surface area contributed by atoms with E-state index in [0.29, 0.717) is 6.61 Å². The lowest BCUT2D eigenvalue weighted by molar-refractivity contribution is -0.155. The van der Waals surface area contributed by atoms with E-state index >= 15 is 0 Å². The fraction of sp³-hybridized carbons (Fsp3) is 0.733. The van der Waals surface area contributed by atoms with Gasteiger partial charge in [-0.25, -0.2) is 0 Å². The fourth-order valence-electron chi connectivity index (χ4n) is 1.85. The second-order valence-corrected chi connectivity index (χ2v) is 5.08. The SMILES string of the molecule is C=C(C)C(O)CC/C(C)=C/COC1CCCCO1. The van der Waals surface area contributed by atoms with Crippen molar-refractivity contribution in [1.82, 2.24) is 0 Å². The van der Waals surface area contributed by atoms with E-state index in [2.05, 4.69) is 19.6 Å². The summed E-state index contributed by atoms with van der Waals surface area (Å²) in [6.07, 6.45) is 6.61. The molecule has 0 aromatic heterocycles. The van der Waals surface area contributed by atoms with E-state index in [1.54, 1.807) is 0 Å². The zero-order valence-corrected chi connectivity index (χ0v) is 11.7. The lowest BCUT2D eigenvalue weighted by Crippen LogP contribution is -2.22.